The molecule has 0 spiro atoms. The highest BCUT2D eigenvalue weighted by Gasteiger charge is 2.17. The molecule has 1 heterocycles. The van der Waals surface area contributed by atoms with E-state index in [1.54, 1.807) is 0 Å². The average Bonchev–Trinajstić information content (AvgIpc) is 2.83. The molecule has 0 aliphatic carbocycles. The SMILES string of the molecule is CCCc1nc(-c2ccc(CN)cc2)sc1C(=O)O. The van der Waals surface area contributed by atoms with Crippen LogP contribution in [0.3, 0.4) is 0 Å². The summed E-state index contributed by atoms with van der Waals surface area (Å²) in [6, 6.07) is 7.75. The number of thiazole rings is 1. The zero-order valence-corrected chi connectivity index (χ0v) is 11.5. The van der Waals surface area contributed by atoms with Gasteiger partial charge in [0.15, 0.2) is 0 Å². The van der Waals surface area contributed by atoms with E-state index in [0.29, 0.717) is 23.5 Å². The second kappa shape index (κ2) is 5.95. The summed E-state index contributed by atoms with van der Waals surface area (Å²) in [5, 5.41) is 9.94. The maximum atomic E-state index is 11.2. The number of carboxylic acid groups (broad SMARTS) is 1. The lowest BCUT2D eigenvalue weighted by molar-refractivity contribution is 0.0700. The van der Waals surface area contributed by atoms with Gasteiger partial charge in [-0.05, 0) is 12.0 Å². The Labute approximate surface area is 115 Å². The fourth-order valence-corrected chi connectivity index (χ4v) is 2.79. The Morgan fingerprint density at radius 2 is 2.05 bits per heavy atom. The molecule has 0 aliphatic rings. The fraction of sp³-hybridized carbons (Fsp3) is 0.286. The number of aromatic carboxylic acids is 1. The molecule has 1 aromatic heterocycles. The maximum absolute atomic E-state index is 11.2. The van der Waals surface area contributed by atoms with Crippen LogP contribution in [0, 0.1) is 0 Å². The van der Waals surface area contributed by atoms with Gasteiger partial charge in [0.05, 0.1) is 5.69 Å². The lowest BCUT2D eigenvalue weighted by Crippen LogP contribution is -1.98. The van der Waals surface area contributed by atoms with Crippen LogP contribution in [0.4, 0.5) is 0 Å². The Balaban J connectivity index is 2.38. The van der Waals surface area contributed by atoms with Crippen LogP contribution < -0.4 is 5.73 Å². The molecular weight excluding hydrogens is 260 g/mol. The number of nitrogens with zero attached hydrogens (tertiary/aromatic N) is 1. The van der Waals surface area contributed by atoms with Crippen molar-refractivity contribution in [1.29, 1.82) is 0 Å². The first-order chi connectivity index (χ1) is 9.15. The summed E-state index contributed by atoms with van der Waals surface area (Å²) in [5.74, 6) is -0.897. The average molecular weight is 276 g/mol. The predicted molar refractivity (Wildman–Crippen MR) is 76.4 cm³/mol. The summed E-state index contributed by atoms with van der Waals surface area (Å²) in [6.07, 6.45) is 1.58. The van der Waals surface area contributed by atoms with Crippen molar-refractivity contribution in [2.24, 2.45) is 5.73 Å². The molecule has 0 saturated carbocycles. The van der Waals surface area contributed by atoms with Crippen LogP contribution in [-0.4, -0.2) is 16.1 Å². The van der Waals surface area contributed by atoms with Crippen molar-refractivity contribution >= 4 is 17.3 Å². The monoisotopic (exact) mass is 276 g/mol. The molecule has 3 N–H and O–H groups in total. The van der Waals surface area contributed by atoms with Crippen molar-refractivity contribution in [2.75, 3.05) is 0 Å². The van der Waals surface area contributed by atoms with E-state index in [-0.39, 0.29) is 0 Å². The van der Waals surface area contributed by atoms with Crippen LogP contribution >= 0.6 is 11.3 Å². The third-order valence-corrected chi connectivity index (χ3v) is 3.95. The highest BCUT2D eigenvalue weighted by atomic mass is 32.1. The van der Waals surface area contributed by atoms with Crippen molar-refractivity contribution in [3.8, 4) is 10.6 Å². The molecule has 4 nitrogen and oxygen atoms in total. The van der Waals surface area contributed by atoms with Gasteiger partial charge in [-0.1, -0.05) is 37.6 Å². The van der Waals surface area contributed by atoms with Gasteiger partial charge in [0.1, 0.15) is 9.88 Å². The quantitative estimate of drug-likeness (QED) is 0.880. The lowest BCUT2D eigenvalue weighted by Gasteiger charge is -1.98. The molecule has 0 fully saturated rings. The number of nitrogens with two attached hydrogens (primary N) is 1. The first kappa shape index (κ1) is 13.7. The first-order valence-corrected chi connectivity index (χ1v) is 6.99. The van der Waals surface area contributed by atoms with Crippen molar-refractivity contribution in [3.63, 3.8) is 0 Å². The normalized spacial score (nSPS) is 10.6. The van der Waals surface area contributed by atoms with Gasteiger partial charge in [-0.25, -0.2) is 9.78 Å². The molecule has 0 amide bonds. The van der Waals surface area contributed by atoms with Gasteiger partial charge in [-0.15, -0.1) is 11.3 Å². The van der Waals surface area contributed by atoms with Gasteiger partial charge in [0.25, 0.3) is 0 Å². The molecule has 100 valence electrons. The van der Waals surface area contributed by atoms with Crippen LogP contribution in [0.1, 0.15) is 34.3 Å². The van der Waals surface area contributed by atoms with Gasteiger partial charge in [-0.3, -0.25) is 0 Å². The highest BCUT2D eigenvalue weighted by molar-refractivity contribution is 7.17. The molecule has 2 rings (SSSR count). The molecule has 19 heavy (non-hydrogen) atoms. The Bertz CT molecular complexity index is 576. The first-order valence-electron chi connectivity index (χ1n) is 6.18. The fourth-order valence-electron chi connectivity index (χ4n) is 1.83. The minimum Gasteiger partial charge on any atom is -0.477 e. The zero-order chi connectivity index (χ0) is 13.8. The van der Waals surface area contributed by atoms with Crippen LogP contribution in [0.25, 0.3) is 10.6 Å². The van der Waals surface area contributed by atoms with Gasteiger partial charge in [0, 0.05) is 12.1 Å². The van der Waals surface area contributed by atoms with Gasteiger partial charge in [-0.2, -0.15) is 0 Å². The molecule has 0 unspecified atom stereocenters. The van der Waals surface area contributed by atoms with Crippen molar-refractivity contribution in [3.05, 3.63) is 40.4 Å². The summed E-state index contributed by atoms with van der Waals surface area (Å²) in [7, 11) is 0. The number of hydrogen-bond donors (Lipinski definition) is 2. The van der Waals surface area contributed by atoms with E-state index in [9.17, 15) is 9.90 Å². The second-order valence-corrected chi connectivity index (χ2v) is 5.25. The Morgan fingerprint density at radius 1 is 1.37 bits per heavy atom. The third kappa shape index (κ3) is 3.00. The topological polar surface area (TPSA) is 76.2 Å². The number of benzene rings is 1. The van der Waals surface area contributed by atoms with Crippen molar-refractivity contribution in [2.45, 2.75) is 26.3 Å². The summed E-state index contributed by atoms with van der Waals surface area (Å²) in [6.45, 7) is 2.51. The number of aromatic nitrogens is 1. The number of aryl methyl sites for hydroxylation is 1. The molecular formula is C14H16N2O2S. The molecule has 0 saturated heterocycles. The van der Waals surface area contributed by atoms with Crippen LogP contribution in [-0.2, 0) is 13.0 Å². The predicted octanol–water partition coefficient (Wildman–Crippen LogP) is 2.92. The molecule has 2 aromatic rings. The minimum atomic E-state index is -0.897. The minimum absolute atomic E-state index is 0.347. The summed E-state index contributed by atoms with van der Waals surface area (Å²) < 4.78 is 0. The smallest absolute Gasteiger partial charge is 0.347 e. The van der Waals surface area contributed by atoms with E-state index < -0.39 is 5.97 Å². The van der Waals surface area contributed by atoms with Crippen LogP contribution in [0.2, 0.25) is 0 Å². The zero-order valence-electron chi connectivity index (χ0n) is 10.7. The molecule has 0 atom stereocenters. The standard InChI is InChI=1S/C14H16N2O2S/c1-2-3-11-12(14(17)18)19-13(16-11)10-6-4-9(8-15)5-7-10/h4-7H,2-3,8,15H2,1H3,(H,17,18). The van der Waals surface area contributed by atoms with Crippen molar-refractivity contribution < 1.29 is 9.90 Å². The number of hydrogen-bond acceptors (Lipinski definition) is 4. The van der Waals surface area contributed by atoms with E-state index in [1.165, 1.54) is 11.3 Å². The Morgan fingerprint density at radius 3 is 2.58 bits per heavy atom. The van der Waals surface area contributed by atoms with Crippen molar-refractivity contribution in [1.82, 2.24) is 4.98 Å². The number of carbonyl (C=O) groups is 1. The van der Waals surface area contributed by atoms with Crippen LogP contribution in [0.5, 0.6) is 0 Å². The molecule has 0 radical (unpaired) electrons. The van der Waals surface area contributed by atoms with E-state index in [0.717, 1.165) is 22.6 Å². The highest BCUT2D eigenvalue weighted by Crippen LogP contribution is 2.29. The van der Waals surface area contributed by atoms with E-state index in [2.05, 4.69) is 4.98 Å². The molecule has 0 bridgehead atoms. The van der Waals surface area contributed by atoms with Crippen LogP contribution in [0.15, 0.2) is 24.3 Å². The van der Waals surface area contributed by atoms with E-state index >= 15 is 0 Å². The third-order valence-electron chi connectivity index (χ3n) is 2.81. The summed E-state index contributed by atoms with van der Waals surface area (Å²) in [5.41, 5.74) is 8.22. The largest absolute Gasteiger partial charge is 0.477 e. The molecule has 1 aromatic carbocycles. The second-order valence-electron chi connectivity index (χ2n) is 4.25. The lowest BCUT2D eigenvalue weighted by atomic mass is 10.1. The molecule has 5 heteroatoms. The van der Waals surface area contributed by atoms with E-state index in [4.69, 9.17) is 5.73 Å². The number of carboxylic acids is 1. The number of rotatable bonds is 5. The summed E-state index contributed by atoms with van der Waals surface area (Å²) in [4.78, 5) is 16.0. The Kier molecular flexibility index (Phi) is 4.29. The Hall–Kier alpha value is -1.72. The van der Waals surface area contributed by atoms with Gasteiger partial charge >= 0.3 is 5.97 Å². The van der Waals surface area contributed by atoms with E-state index in [1.807, 2.05) is 31.2 Å². The molecule has 0 aliphatic heterocycles. The summed E-state index contributed by atoms with van der Waals surface area (Å²) >= 11 is 1.23. The van der Waals surface area contributed by atoms with Gasteiger partial charge in [0.2, 0.25) is 0 Å². The van der Waals surface area contributed by atoms with Gasteiger partial charge < -0.3 is 10.8 Å². The maximum Gasteiger partial charge on any atom is 0.347 e.